The average Bonchev–Trinajstić information content (AvgIpc) is 2.86. The Morgan fingerprint density at radius 2 is 1.81 bits per heavy atom. The summed E-state index contributed by atoms with van der Waals surface area (Å²) >= 11 is 0. The minimum absolute atomic E-state index is 0.146. The van der Waals surface area contributed by atoms with E-state index in [0.29, 0.717) is 5.69 Å². The molecule has 10 heteroatoms. The van der Waals surface area contributed by atoms with Gasteiger partial charge in [0, 0.05) is 37.4 Å². The third-order valence-corrected chi connectivity index (χ3v) is 7.53. The van der Waals surface area contributed by atoms with Crippen LogP contribution in [0.2, 0.25) is 0 Å². The van der Waals surface area contributed by atoms with Gasteiger partial charge in [0.25, 0.3) is 10.0 Å². The molecule has 1 fully saturated rings. The molecule has 7 nitrogen and oxygen atoms in total. The van der Waals surface area contributed by atoms with Gasteiger partial charge < -0.3 is 19.7 Å². The molecule has 2 aromatic rings. The predicted molar refractivity (Wildman–Crippen MR) is 118 cm³/mol. The second-order valence-corrected chi connectivity index (χ2v) is 10.0. The van der Waals surface area contributed by atoms with E-state index in [9.17, 15) is 17.2 Å². The summed E-state index contributed by atoms with van der Waals surface area (Å²) in [6, 6.07) is 8.68. The van der Waals surface area contributed by atoms with Crippen molar-refractivity contribution in [3.05, 3.63) is 42.0 Å². The lowest BCUT2D eigenvalue weighted by atomic mass is 10.1. The molecule has 174 valence electrons. The highest BCUT2D eigenvalue weighted by molar-refractivity contribution is 7.92. The molecule has 4 rings (SSSR count). The molecular weight excluding hydrogens is 440 g/mol. The van der Waals surface area contributed by atoms with Crippen molar-refractivity contribution < 1.29 is 26.7 Å². The van der Waals surface area contributed by atoms with Crippen molar-refractivity contribution in [2.75, 3.05) is 35.4 Å². The number of nitrogens with one attached hydrogen (secondary N) is 1. The van der Waals surface area contributed by atoms with Gasteiger partial charge in [0.05, 0.1) is 10.6 Å². The number of benzene rings is 2. The van der Waals surface area contributed by atoms with Crippen molar-refractivity contribution in [1.82, 2.24) is 5.32 Å². The topological polar surface area (TPSA) is 71.1 Å². The first-order valence-corrected chi connectivity index (χ1v) is 12.0. The molecule has 0 atom stereocenters. The summed E-state index contributed by atoms with van der Waals surface area (Å²) in [5.74, 6) is -0.501. The zero-order valence-electron chi connectivity index (χ0n) is 18.3. The van der Waals surface area contributed by atoms with Crippen LogP contribution in [0.3, 0.4) is 0 Å². The Bertz CT molecular complexity index is 1100. The Labute approximate surface area is 187 Å². The normalized spacial score (nSPS) is 18.0. The van der Waals surface area contributed by atoms with Crippen LogP contribution in [-0.4, -0.2) is 46.9 Å². The first-order chi connectivity index (χ1) is 15.1. The highest BCUT2D eigenvalue weighted by Gasteiger charge is 2.44. The van der Waals surface area contributed by atoms with E-state index < -0.39 is 22.4 Å². The van der Waals surface area contributed by atoms with Gasteiger partial charge in [-0.15, -0.1) is 8.78 Å². The van der Waals surface area contributed by atoms with Crippen molar-refractivity contribution in [3.8, 4) is 11.5 Å². The summed E-state index contributed by atoms with van der Waals surface area (Å²) < 4.78 is 64.1. The fourth-order valence-corrected chi connectivity index (χ4v) is 5.75. The van der Waals surface area contributed by atoms with Crippen molar-refractivity contribution in [2.24, 2.45) is 0 Å². The van der Waals surface area contributed by atoms with Crippen LogP contribution < -0.4 is 24.0 Å². The van der Waals surface area contributed by atoms with Crippen LogP contribution in [0.5, 0.6) is 11.5 Å². The molecule has 2 aliphatic rings. The van der Waals surface area contributed by atoms with E-state index in [1.807, 2.05) is 19.1 Å². The zero-order chi connectivity index (χ0) is 23.1. The number of hydrogen-bond acceptors (Lipinski definition) is 6. The van der Waals surface area contributed by atoms with Gasteiger partial charge in [-0.2, -0.15) is 0 Å². The largest absolute Gasteiger partial charge is 0.586 e. The van der Waals surface area contributed by atoms with Gasteiger partial charge in [-0.1, -0.05) is 6.07 Å². The monoisotopic (exact) mass is 467 g/mol. The molecule has 0 radical (unpaired) electrons. The zero-order valence-corrected chi connectivity index (χ0v) is 19.1. The van der Waals surface area contributed by atoms with Crippen molar-refractivity contribution in [2.45, 2.75) is 44.4 Å². The van der Waals surface area contributed by atoms with Gasteiger partial charge in [-0.25, -0.2) is 8.42 Å². The van der Waals surface area contributed by atoms with Crippen LogP contribution in [0.25, 0.3) is 0 Å². The van der Waals surface area contributed by atoms with Gasteiger partial charge in [0.2, 0.25) is 0 Å². The summed E-state index contributed by atoms with van der Waals surface area (Å²) in [4.78, 5) is 2.11. The number of sulfonamides is 1. The van der Waals surface area contributed by atoms with Gasteiger partial charge in [0.15, 0.2) is 11.5 Å². The quantitative estimate of drug-likeness (QED) is 0.723. The number of fused-ring (bicyclic) bond motifs is 1. The summed E-state index contributed by atoms with van der Waals surface area (Å²) in [5.41, 5.74) is 2.56. The first kappa shape index (κ1) is 22.6. The lowest BCUT2D eigenvalue weighted by Crippen LogP contribution is -2.37. The number of hydrogen-bond donors (Lipinski definition) is 1. The Morgan fingerprint density at radius 1 is 1.06 bits per heavy atom. The maximum absolute atomic E-state index is 13.6. The number of ether oxygens (including phenoxy) is 2. The molecule has 2 aliphatic heterocycles. The number of nitrogens with zero attached hydrogens (tertiary/aromatic N) is 2. The lowest BCUT2D eigenvalue weighted by molar-refractivity contribution is -0.286. The smallest absolute Gasteiger partial charge is 0.395 e. The Balaban J connectivity index is 1.72. The molecule has 0 amide bonds. The molecule has 0 saturated carbocycles. The predicted octanol–water partition coefficient (Wildman–Crippen LogP) is 3.72. The maximum Gasteiger partial charge on any atom is 0.586 e. The maximum atomic E-state index is 13.6. The van der Waals surface area contributed by atoms with Crippen LogP contribution in [0.15, 0.2) is 41.3 Å². The molecule has 0 aliphatic carbocycles. The van der Waals surface area contributed by atoms with E-state index >= 15 is 0 Å². The van der Waals surface area contributed by atoms with Crippen molar-refractivity contribution >= 4 is 21.4 Å². The van der Waals surface area contributed by atoms with Crippen molar-refractivity contribution in [3.63, 3.8) is 0 Å². The molecule has 0 aromatic heterocycles. The number of rotatable bonds is 5. The third kappa shape index (κ3) is 4.33. The van der Waals surface area contributed by atoms with Gasteiger partial charge in [-0.05, 0) is 63.6 Å². The lowest BCUT2D eigenvalue weighted by Gasteiger charge is -2.31. The second kappa shape index (κ2) is 8.40. The van der Waals surface area contributed by atoms with Crippen LogP contribution in [-0.2, 0) is 10.0 Å². The minimum Gasteiger partial charge on any atom is -0.395 e. The fourth-order valence-electron chi connectivity index (χ4n) is 4.08. The average molecular weight is 468 g/mol. The summed E-state index contributed by atoms with van der Waals surface area (Å²) in [6.45, 7) is 9.06. The highest BCUT2D eigenvalue weighted by Crippen LogP contribution is 2.43. The second-order valence-electron chi connectivity index (χ2n) is 8.23. The highest BCUT2D eigenvalue weighted by atomic mass is 32.2. The third-order valence-electron chi connectivity index (χ3n) is 5.53. The van der Waals surface area contributed by atoms with Crippen LogP contribution in [0.4, 0.5) is 20.2 Å². The van der Waals surface area contributed by atoms with Crippen molar-refractivity contribution in [1.29, 1.82) is 0 Å². The number of alkyl halides is 2. The molecule has 0 spiro atoms. The fraction of sp³-hybridized carbons (Fsp3) is 0.455. The SMILES string of the molecule is Cc1ccc(N(C(C)C)S(=O)(=O)c2ccc3c(c2)OC(F)(F)O3)cc1N1CCCNCC1. The Hall–Kier alpha value is -2.59. The van der Waals surface area contributed by atoms with E-state index in [1.165, 1.54) is 16.4 Å². The first-order valence-electron chi connectivity index (χ1n) is 10.6. The van der Waals surface area contributed by atoms with E-state index in [2.05, 4.69) is 19.7 Å². The molecule has 0 bridgehead atoms. The molecule has 2 heterocycles. The minimum atomic E-state index is -4.06. The number of aryl methyl sites for hydroxylation is 1. The van der Waals surface area contributed by atoms with Gasteiger partial charge in [0.1, 0.15) is 0 Å². The summed E-state index contributed by atoms with van der Waals surface area (Å²) in [5, 5.41) is 3.37. The van der Waals surface area contributed by atoms with E-state index in [4.69, 9.17) is 0 Å². The standard InChI is InChI=1S/C22H27F2N3O4S/c1-15(2)27(17-6-5-16(3)19(13-17)26-11-4-9-25-10-12-26)32(28,29)18-7-8-20-21(14-18)31-22(23,24)30-20/h5-8,13-15,25H,4,9-12H2,1-3H3. The molecule has 2 aromatic carbocycles. The molecule has 1 saturated heterocycles. The molecule has 0 unspecified atom stereocenters. The Morgan fingerprint density at radius 3 is 2.56 bits per heavy atom. The number of halogens is 2. The Kier molecular flexibility index (Phi) is 5.93. The van der Waals surface area contributed by atoms with E-state index in [-0.39, 0.29) is 16.4 Å². The van der Waals surface area contributed by atoms with Gasteiger partial charge >= 0.3 is 6.29 Å². The van der Waals surface area contributed by atoms with Crippen LogP contribution in [0.1, 0.15) is 25.8 Å². The van der Waals surface area contributed by atoms with Gasteiger partial charge in [-0.3, -0.25) is 4.31 Å². The number of anilines is 2. The molecular formula is C22H27F2N3O4S. The van der Waals surface area contributed by atoms with E-state index in [1.54, 1.807) is 19.9 Å². The molecule has 1 N–H and O–H groups in total. The summed E-state index contributed by atoms with van der Waals surface area (Å²) in [7, 11) is -4.06. The van der Waals surface area contributed by atoms with Crippen LogP contribution in [0, 0.1) is 6.92 Å². The van der Waals surface area contributed by atoms with Crippen LogP contribution >= 0.6 is 0 Å². The van der Waals surface area contributed by atoms with E-state index in [0.717, 1.165) is 49.9 Å². The summed E-state index contributed by atoms with van der Waals surface area (Å²) in [6.07, 6.45) is -2.81. The molecule has 32 heavy (non-hydrogen) atoms.